The fourth-order valence-electron chi connectivity index (χ4n) is 1.69. The van der Waals surface area contributed by atoms with E-state index in [4.69, 9.17) is 0 Å². The molecule has 20 heavy (non-hydrogen) atoms. The molecule has 0 aliphatic carbocycles. The Hall–Kier alpha value is -2.38. The molecule has 2 rings (SSSR count). The summed E-state index contributed by atoms with van der Waals surface area (Å²) in [5.41, 5.74) is -1.48. The molecule has 0 spiro atoms. The normalized spacial score (nSPS) is 11.6. The second-order valence-electron chi connectivity index (χ2n) is 3.93. The van der Waals surface area contributed by atoms with Gasteiger partial charge in [-0.25, -0.2) is 4.98 Å². The van der Waals surface area contributed by atoms with E-state index in [1.807, 2.05) is 0 Å². The van der Waals surface area contributed by atoms with Gasteiger partial charge in [-0.15, -0.1) is 0 Å². The molecule has 0 aromatic carbocycles. The van der Waals surface area contributed by atoms with Crippen LogP contribution in [0.5, 0.6) is 0 Å². The van der Waals surface area contributed by atoms with Crippen molar-refractivity contribution in [3.8, 4) is 0 Å². The molecular formula is C12H9F3N2O3. The van der Waals surface area contributed by atoms with Gasteiger partial charge in [0.2, 0.25) is 0 Å². The van der Waals surface area contributed by atoms with Crippen LogP contribution in [0, 0.1) is 0 Å². The Labute approximate surface area is 110 Å². The summed E-state index contributed by atoms with van der Waals surface area (Å²) in [6.45, 7) is -0.389. The van der Waals surface area contributed by atoms with E-state index in [0.717, 1.165) is 29.9 Å². The maximum absolute atomic E-state index is 12.6. The Balaban J connectivity index is 2.61. The van der Waals surface area contributed by atoms with Crippen molar-refractivity contribution in [1.29, 1.82) is 0 Å². The highest BCUT2D eigenvalue weighted by Gasteiger charge is 2.32. The van der Waals surface area contributed by atoms with Gasteiger partial charge in [0.15, 0.2) is 0 Å². The van der Waals surface area contributed by atoms with Gasteiger partial charge < -0.3 is 4.74 Å². The number of pyridine rings is 2. The van der Waals surface area contributed by atoms with Crippen molar-refractivity contribution < 1.29 is 22.7 Å². The van der Waals surface area contributed by atoms with Crippen molar-refractivity contribution in [2.45, 2.75) is 12.7 Å². The Morgan fingerprint density at radius 3 is 2.60 bits per heavy atom. The summed E-state index contributed by atoms with van der Waals surface area (Å²) in [6.07, 6.45) is -4.57. The van der Waals surface area contributed by atoms with Gasteiger partial charge in [0.1, 0.15) is 12.2 Å². The largest absolute Gasteiger partial charge is 0.468 e. The van der Waals surface area contributed by atoms with Crippen LogP contribution in [0.1, 0.15) is 5.69 Å². The Bertz CT molecular complexity index is 722. The summed E-state index contributed by atoms with van der Waals surface area (Å²) in [5.74, 6) is -0.681. The summed E-state index contributed by atoms with van der Waals surface area (Å²) in [6, 6.07) is 4.10. The molecule has 0 fully saturated rings. The molecule has 0 radical (unpaired) electrons. The van der Waals surface area contributed by atoms with Crippen LogP contribution in [0.25, 0.3) is 11.0 Å². The van der Waals surface area contributed by atoms with E-state index in [1.165, 1.54) is 6.07 Å². The van der Waals surface area contributed by atoms with Crippen molar-refractivity contribution in [1.82, 2.24) is 9.55 Å². The van der Waals surface area contributed by atoms with E-state index in [1.54, 1.807) is 0 Å². The lowest BCUT2D eigenvalue weighted by atomic mass is 10.2. The van der Waals surface area contributed by atoms with Crippen LogP contribution < -0.4 is 5.56 Å². The van der Waals surface area contributed by atoms with Crippen molar-refractivity contribution in [3.63, 3.8) is 0 Å². The number of alkyl halides is 3. The maximum atomic E-state index is 12.6. The SMILES string of the molecule is COC(=O)Cn1c(=O)ccc2nc(C(F)(F)F)ccc21. The number of rotatable bonds is 2. The smallest absolute Gasteiger partial charge is 0.433 e. The second kappa shape index (κ2) is 4.95. The molecule has 2 aromatic heterocycles. The zero-order valence-electron chi connectivity index (χ0n) is 10.3. The summed E-state index contributed by atoms with van der Waals surface area (Å²) in [5, 5.41) is 0. The van der Waals surface area contributed by atoms with Crippen molar-refractivity contribution in [2.75, 3.05) is 7.11 Å². The third-order valence-electron chi connectivity index (χ3n) is 2.65. The summed E-state index contributed by atoms with van der Waals surface area (Å²) in [4.78, 5) is 26.3. The number of halogens is 3. The number of hydrogen-bond donors (Lipinski definition) is 0. The molecule has 0 aliphatic rings. The van der Waals surface area contributed by atoms with Crippen LogP contribution in [0.2, 0.25) is 0 Å². The average Bonchev–Trinajstić information content (AvgIpc) is 2.40. The highest BCUT2D eigenvalue weighted by atomic mass is 19.4. The number of carbonyl (C=O) groups excluding carboxylic acids is 1. The number of esters is 1. The first-order valence-corrected chi connectivity index (χ1v) is 5.47. The van der Waals surface area contributed by atoms with E-state index >= 15 is 0 Å². The van der Waals surface area contributed by atoms with Crippen molar-refractivity contribution >= 4 is 17.0 Å². The quantitative estimate of drug-likeness (QED) is 0.787. The highest BCUT2D eigenvalue weighted by molar-refractivity contribution is 5.77. The average molecular weight is 286 g/mol. The number of carbonyl (C=O) groups is 1. The third-order valence-corrected chi connectivity index (χ3v) is 2.65. The van der Waals surface area contributed by atoms with E-state index in [0.29, 0.717) is 0 Å². The number of nitrogens with zero attached hydrogens (tertiary/aromatic N) is 2. The number of aromatic nitrogens is 2. The minimum Gasteiger partial charge on any atom is -0.468 e. The number of hydrogen-bond acceptors (Lipinski definition) is 4. The molecule has 0 saturated heterocycles. The van der Waals surface area contributed by atoms with Crippen LogP contribution >= 0.6 is 0 Å². The molecule has 0 N–H and O–H groups in total. The van der Waals surface area contributed by atoms with Crippen molar-refractivity contribution in [3.05, 3.63) is 40.3 Å². The molecule has 0 aliphatic heterocycles. The molecule has 0 amide bonds. The fraction of sp³-hybridized carbons (Fsp3) is 0.250. The molecule has 2 aromatic rings. The first-order valence-electron chi connectivity index (χ1n) is 5.47. The maximum Gasteiger partial charge on any atom is 0.433 e. The lowest BCUT2D eigenvalue weighted by Crippen LogP contribution is -2.24. The van der Waals surface area contributed by atoms with E-state index in [-0.39, 0.29) is 17.6 Å². The Kier molecular flexibility index (Phi) is 3.47. The Morgan fingerprint density at radius 1 is 1.30 bits per heavy atom. The van der Waals surface area contributed by atoms with E-state index in [2.05, 4.69) is 9.72 Å². The monoisotopic (exact) mass is 286 g/mol. The molecule has 0 saturated carbocycles. The predicted octanol–water partition coefficient (Wildman–Crippen LogP) is 1.59. The highest BCUT2D eigenvalue weighted by Crippen LogP contribution is 2.28. The summed E-state index contributed by atoms with van der Waals surface area (Å²) < 4.78 is 43.1. The zero-order chi connectivity index (χ0) is 14.9. The van der Waals surface area contributed by atoms with Crippen LogP contribution in [-0.2, 0) is 22.3 Å². The molecular weight excluding hydrogens is 277 g/mol. The zero-order valence-corrected chi connectivity index (χ0v) is 10.3. The molecule has 0 atom stereocenters. The lowest BCUT2D eigenvalue weighted by Gasteiger charge is -2.10. The van der Waals surface area contributed by atoms with Crippen LogP contribution in [0.4, 0.5) is 13.2 Å². The third kappa shape index (κ3) is 2.63. The first kappa shape index (κ1) is 14.0. The standard InChI is InChI=1S/C12H9F3N2O3/c1-20-11(19)6-17-8-3-4-9(12(13,14)15)16-7(8)2-5-10(17)18/h2-5H,6H2,1H3. The first-order chi connectivity index (χ1) is 9.32. The molecule has 0 bridgehead atoms. The van der Waals surface area contributed by atoms with Gasteiger partial charge in [0.25, 0.3) is 5.56 Å². The van der Waals surface area contributed by atoms with Gasteiger partial charge in [-0.3, -0.25) is 14.2 Å². The number of fused-ring (bicyclic) bond motifs is 1. The van der Waals surface area contributed by atoms with E-state index in [9.17, 15) is 22.8 Å². The van der Waals surface area contributed by atoms with E-state index < -0.39 is 23.4 Å². The van der Waals surface area contributed by atoms with Gasteiger partial charge in [0, 0.05) is 6.07 Å². The summed E-state index contributed by atoms with van der Waals surface area (Å²) in [7, 11) is 1.15. The number of ether oxygens (including phenoxy) is 1. The number of methoxy groups -OCH3 is 1. The second-order valence-corrected chi connectivity index (χ2v) is 3.93. The van der Waals surface area contributed by atoms with Gasteiger partial charge in [-0.1, -0.05) is 0 Å². The molecule has 8 heteroatoms. The topological polar surface area (TPSA) is 61.2 Å². The van der Waals surface area contributed by atoms with Gasteiger partial charge in [0.05, 0.1) is 18.1 Å². The molecule has 0 unspecified atom stereocenters. The van der Waals surface area contributed by atoms with Crippen LogP contribution in [0.15, 0.2) is 29.1 Å². The van der Waals surface area contributed by atoms with Crippen molar-refractivity contribution in [2.24, 2.45) is 0 Å². The minimum atomic E-state index is -4.57. The fourth-order valence-corrected chi connectivity index (χ4v) is 1.69. The molecule has 5 nitrogen and oxygen atoms in total. The van der Waals surface area contributed by atoms with Gasteiger partial charge in [-0.2, -0.15) is 13.2 Å². The van der Waals surface area contributed by atoms with Gasteiger partial charge in [-0.05, 0) is 18.2 Å². The minimum absolute atomic E-state index is 0.0247. The predicted molar refractivity (Wildman–Crippen MR) is 63.0 cm³/mol. The summed E-state index contributed by atoms with van der Waals surface area (Å²) >= 11 is 0. The van der Waals surface area contributed by atoms with Crippen LogP contribution in [-0.4, -0.2) is 22.6 Å². The Morgan fingerprint density at radius 2 is 2.00 bits per heavy atom. The van der Waals surface area contributed by atoms with Crippen LogP contribution in [0.3, 0.4) is 0 Å². The molecule has 106 valence electrons. The van der Waals surface area contributed by atoms with Gasteiger partial charge >= 0.3 is 12.1 Å². The molecule has 2 heterocycles. The lowest BCUT2D eigenvalue weighted by molar-refractivity contribution is -0.142.